The van der Waals surface area contributed by atoms with Crippen LogP contribution in [0.1, 0.15) is 52.5 Å². The maximum absolute atomic E-state index is 13.5. The van der Waals surface area contributed by atoms with Crippen LogP contribution in [0.3, 0.4) is 0 Å². The molecule has 1 aromatic rings. The molecule has 30 heavy (non-hydrogen) atoms. The van der Waals surface area contributed by atoms with Gasteiger partial charge < -0.3 is 0 Å². The van der Waals surface area contributed by atoms with Crippen molar-refractivity contribution >= 4 is 24.5 Å². The van der Waals surface area contributed by atoms with Gasteiger partial charge in [0, 0.05) is 0 Å². The van der Waals surface area contributed by atoms with Crippen LogP contribution in [0.25, 0.3) is 0 Å². The Morgan fingerprint density at radius 2 is 1.83 bits per heavy atom. The molecule has 2 atom stereocenters. The van der Waals surface area contributed by atoms with Crippen LogP contribution in [0.5, 0.6) is 0 Å². The number of nitrogens with zero attached hydrogens (tertiary/aromatic N) is 2. The molecule has 2 fully saturated rings. The van der Waals surface area contributed by atoms with Crippen molar-refractivity contribution in [1.29, 1.82) is 0 Å². The summed E-state index contributed by atoms with van der Waals surface area (Å²) in [5.41, 5.74) is 0.317. The molecule has 0 saturated carbocycles. The van der Waals surface area contributed by atoms with E-state index < -0.39 is 24.1 Å². The Labute approximate surface area is 187 Å². The molecule has 1 amide bonds. The van der Waals surface area contributed by atoms with Crippen LogP contribution in [-0.4, -0.2) is 68.8 Å². The zero-order valence-corrected chi connectivity index (χ0v) is 22.8. The van der Waals surface area contributed by atoms with E-state index >= 15 is 0 Å². The number of amides is 1. The summed E-state index contributed by atoms with van der Waals surface area (Å²) in [5, 5.41) is 0. The molecule has 0 spiro atoms. The quantitative estimate of drug-likeness (QED) is 0.494. The first-order valence-electron chi connectivity index (χ1n) is 11.3. The molecular formula is C24H40N2O3Sn. The van der Waals surface area contributed by atoms with Crippen molar-refractivity contribution in [1.82, 2.24) is 9.80 Å². The number of hydrogen-bond acceptors (Lipinski definition) is 4. The molecule has 2 aliphatic rings. The van der Waals surface area contributed by atoms with Crippen LogP contribution in [-0.2, 0) is 16.0 Å². The molecule has 0 aromatic heterocycles. The molecule has 6 heteroatoms. The van der Waals surface area contributed by atoms with E-state index in [4.69, 9.17) is 9.47 Å². The van der Waals surface area contributed by atoms with Crippen LogP contribution in [0, 0.1) is 0 Å². The Hall–Kier alpha value is -0.791. The van der Waals surface area contributed by atoms with E-state index in [0.717, 1.165) is 19.5 Å². The van der Waals surface area contributed by atoms with Gasteiger partial charge in [0.05, 0.1) is 0 Å². The minimum atomic E-state index is -2.62. The topological polar surface area (TPSA) is 42.0 Å². The van der Waals surface area contributed by atoms with Crippen LogP contribution in [0.15, 0.2) is 30.3 Å². The van der Waals surface area contributed by atoms with Crippen molar-refractivity contribution in [2.75, 3.05) is 13.2 Å². The van der Waals surface area contributed by atoms with Crippen LogP contribution >= 0.6 is 0 Å². The molecule has 2 heterocycles. The van der Waals surface area contributed by atoms with Gasteiger partial charge in [-0.1, -0.05) is 0 Å². The average Bonchev–Trinajstić information content (AvgIpc) is 2.88. The summed E-state index contributed by atoms with van der Waals surface area (Å²) in [6, 6.07) is 11.0. The van der Waals surface area contributed by atoms with Crippen molar-refractivity contribution < 1.29 is 14.3 Å². The Morgan fingerprint density at radius 3 is 2.40 bits per heavy atom. The van der Waals surface area contributed by atoms with E-state index in [1.165, 1.54) is 18.4 Å². The van der Waals surface area contributed by atoms with Crippen molar-refractivity contribution in [3.8, 4) is 0 Å². The molecule has 0 unspecified atom stereocenters. The normalized spacial score (nSPS) is 25.2. The van der Waals surface area contributed by atoms with E-state index in [-0.39, 0.29) is 15.8 Å². The van der Waals surface area contributed by atoms with Gasteiger partial charge in [-0.15, -0.1) is 0 Å². The Morgan fingerprint density at radius 1 is 1.17 bits per heavy atom. The molecule has 1 aromatic carbocycles. The third-order valence-corrected chi connectivity index (χ3v) is 12.7. The van der Waals surface area contributed by atoms with Gasteiger partial charge in [-0.05, 0) is 0 Å². The number of rotatable bonds is 5. The summed E-state index contributed by atoms with van der Waals surface area (Å²) in [5.74, 6) is 0. The zero-order valence-electron chi connectivity index (χ0n) is 19.9. The maximum atomic E-state index is 13.5. The molecule has 2 aliphatic heterocycles. The minimum absolute atomic E-state index is 0.0167. The second-order valence-corrected chi connectivity index (χ2v) is 26.2. The Balaban J connectivity index is 1.83. The first kappa shape index (κ1) is 23.9. The van der Waals surface area contributed by atoms with Crippen molar-refractivity contribution in [2.45, 2.75) is 89.7 Å². The van der Waals surface area contributed by atoms with E-state index in [0.29, 0.717) is 12.6 Å². The fraction of sp³-hybridized carbons (Fsp3) is 0.708. The SMILES string of the molecule is CC1(C)COC(C)(C)N1C(=O)O[C@H]([C@H]1CCCCN1Cc1ccccc1)[Sn]([CH3])([CH3])[CH3]. The van der Waals surface area contributed by atoms with Crippen molar-refractivity contribution in [3.05, 3.63) is 35.9 Å². The van der Waals surface area contributed by atoms with Crippen LogP contribution < -0.4 is 0 Å². The van der Waals surface area contributed by atoms with Gasteiger partial charge in [0.1, 0.15) is 0 Å². The number of benzene rings is 1. The average molecular weight is 523 g/mol. The molecule has 0 radical (unpaired) electrons. The predicted molar refractivity (Wildman–Crippen MR) is 124 cm³/mol. The summed E-state index contributed by atoms with van der Waals surface area (Å²) in [6.07, 6.45) is 3.30. The molecule has 168 valence electrons. The summed E-state index contributed by atoms with van der Waals surface area (Å²) in [4.78, 5) is 25.0. The van der Waals surface area contributed by atoms with E-state index in [2.05, 4.69) is 63.9 Å². The van der Waals surface area contributed by atoms with Gasteiger partial charge >= 0.3 is 187 Å². The van der Waals surface area contributed by atoms with E-state index in [1.54, 1.807) is 0 Å². The van der Waals surface area contributed by atoms with E-state index in [9.17, 15) is 4.79 Å². The first-order valence-corrected chi connectivity index (χ1v) is 21.6. The second-order valence-electron chi connectivity index (χ2n) is 11.1. The fourth-order valence-electron chi connectivity index (χ4n) is 5.05. The van der Waals surface area contributed by atoms with E-state index in [1.807, 2.05) is 18.7 Å². The van der Waals surface area contributed by atoms with Gasteiger partial charge in [-0.2, -0.15) is 0 Å². The van der Waals surface area contributed by atoms with Gasteiger partial charge in [-0.25, -0.2) is 0 Å². The molecule has 0 bridgehead atoms. The summed E-state index contributed by atoms with van der Waals surface area (Å²) < 4.78 is 12.4. The fourth-order valence-corrected chi connectivity index (χ4v) is 10.7. The van der Waals surface area contributed by atoms with Crippen molar-refractivity contribution in [3.63, 3.8) is 0 Å². The van der Waals surface area contributed by atoms with Crippen LogP contribution in [0.4, 0.5) is 4.79 Å². The number of ether oxygens (including phenoxy) is 2. The molecule has 0 aliphatic carbocycles. The third kappa shape index (κ3) is 5.33. The third-order valence-electron chi connectivity index (χ3n) is 6.43. The first-order chi connectivity index (χ1) is 13.9. The van der Waals surface area contributed by atoms with Gasteiger partial charge in [-0.3, -0.25) is 0 Å². The molecule has 2 saturated heterocycles. The monoisotopic (exact) mass is 524 g/mol. The molecule has 3 rings (SSSR count). The summed E-state index contributed by atoms with van der Waals surface area (Å²) in [6.45, 7) is 10.6. The Bertz CT molecular complexity index is 714. The van der Waals surface area contributed by atoms with Crippen molar-refractivity contribution in [2.24, 2.45) is 0 Å². The Kier molecular flexibility index (Phi) is 7.15. The zero-order chi connectivity index (χ0) is 22.2. The second kappa shape index (κ2) is 8.99. The number of carbonyl (C=O) groups is 1. The van der Waals surface area contributed by atoms with Gasteiger partial charge in [0.2, 0.25) is 0 Å². The predicted octanol–water partition coefficient (Wildman–Crippen LogP) is 5.27. The standard InChI is InChI=1S/C21H31N2O3.3CH3.Sn/c1-20(2)16-26-21(3,4)23(20)19(24)25-15-18-12-8-9-13-22(18)14-17-10-6-5-7-11-17;;;;/h5-7,10-11,15,18H,8-9,12-14,16H2,1-4H3;3*1H3;/t18-;;;;/m1..../s1. The number of piperidine rings is 1. The van der Waals surface area contributed by atoms with Crippen LogP contribution in [0.2, 0.25) is 14.8 Å². The molecular weight excluding hydrogens is 483 g/mol. The number of likely N-dealkylation sites (tertiary alicyclic amines) is 1. The van der Waals surface area contributed by atoms with Gasteiger partial charge in [0.15, 0.2) is 0 Å². The summed E-state index contributed by atoms with van der Waals surface area (Å²) >= 11 is -2.62. The summed E-state index contributed by atoms with van der Waals surface area (Å²) in [7, 11) is 0. The number of carbonyl (C=O) groups excluding carboxylic acids is 1. The van der Waals surface area contributed by atoms with Gasteiger partial charge in [0.25, 0.3) is 0 Å². The molecule has 5 nitrogen and oxygen atoms in total. The number of hydrogen-bond donors (Lipinski definition) is 0. The molecule has 0 N–H and O–H groups in total.